The predicted molar refractivity (Wildman–Crippen MR) is 84.4 cm³/mol. The molecule has 0 atom stereocenters. The number of hydrogen-bond acceptors (Lipinski definition) is 3. The Balaban J connectivity index is 2.71. The molecule has 0 spiro atoms. The van der Waals surface area contributed by atoms with E-state index in [4.69, 9.17) is 4.74 Å². The summed E-state index contributed by atoms with van der Waals surface area (Å²) in [5, 5.41) is 18.8. The predicted octanol–water partition coefficient (Wildman–Crippen LogP) is 4.91. The Bertz CT molecular complexity index is 757. The maximum absolute atomic E-state index is 13.9. The van der Waals surface area contributed by atoms with E-state index in [9.17, 15) is 36.6 Å². The minimum Gasteiger partial charge on any atom is -0.508 e. The molecule has 0 aromatic heterocycles. The van der Waals surface area contributed by atoms with Gasteiger partial charge in [-0.15, -0.1) is 0 Å². The Morgan fingerprint density at radius 3 is 1.41 bits per heavy atom. The quantitative estimate of drug-likeness (QED) is 0.572. The van der Waals surface area contributed by atoms with Crippen LogP contribution in [0, 0.1) is 0 Å². The first-order valence-electron chi connectivity index (χ1n) is 7.63. The third-order valence-corrected chi connectivity index (χ3v) is 3.81. The van der Waals surface area contributed by atoms with Gasteiger partial charge in [0, 0.05) is 13.8 Å². The second-order valence-electron chi connectivity index (χ2n) is 6.37. The molecule has 148 valence electrons. The van der Waals surface area contributed by atoms with Crippen molar-refractivity contribution in [3.63, 3.8) is 0 Å². The molecule has 2 rings (SSSR count). The molecule has 0 aliphatic carbocycles. The Morgan fingerprint density at radius 2 is 1.07 bits per heavy atom. The van der Waals surface area contributed by atoms with Gasteiger partial charge in [0.15, 0.2) is 0 Å². The molecule has 0 unspecified atom stereocenters. The first-order valence-corrected chi connectivity index (χ1v) is 7.63. The van der Waals surface area contributed by atoms with Crippen LogP contribution in [0.2, 0.25) is 0 Å². The van der Waals surface area contributed by atoms with Crippen molar-refractivity contribution in [3.05, 3.63) is 59.7 Å². The molecule has 2 aromatic carbocycles. The second-order valence-corrected chi connectivity index (χ2v) is 6.37. The molecule has 0 aliphatic rings. The van der Waals surface area contributed by atoms with Gasteiger partial charge >= 0.3 is 12.4 Å². The standard InChI is InChI=1S/C18H16F6O3/c1-15(2,26)27-14-9-5-12(6-10-14)16(17(19,20)21,18(22,23)24)11-3-7-13(25)8-4-11/h3-10,25-26H,1-2H3. The molecular weight excluding hydrogens is 378 g/mol. The molecule has 0 bridgehead atoms. The molecule has 0 fully saturated rings. The van der Waals surface area contributed by atoms with E-state index in [1.54, 1.807) is 0 Å². The molecule has 9 heteroatoms. The monoisotopic (exact) mass is 394 g/mol. The van der Waals surface area contributed by atoms with Crippen LogP contribution in [-0.4, -0.2) is 28.4 Å². The average molecular weight is 394 g/mol. The summed E-state index contributed by atoms with van der Waals surface area (Å²) in [5.41, 5.74) is -6.46. The number of alkyl halides is 6. The van der Waals surface area contributed by atoms with Crippen molar-refractivity contribution in [2.24, 2.45) is 0 Å². The summed E-state index contributed by atoms with van der Waals surface area (Å²) in [4.78, 5) is 0. The van der Waals surface area contributed by atoms with Crippen LogP contribution >= 0.6 is 0 Å². The Hall–Kier alpha value is -2.42. The van der Waals surface area contributed by atoms with E-state index in [0.29, 0.717) is 24.3 Å². The number of rotatable bonds is 4. The van der Waals surface area contributed by atoms with Crippen molar-refractivity contribution < 1.29 is 41.3 Å². The highest BCUT2D eigenvalue weighted by Gasteiger charge is 2.72. The van der Waals surface area contributed by atoms with Crippen LogP contribution in [-0.2, 0) is 5.41 Å². The zero-order valence-electron chi connectivity index (χ0n) is 14.2. The zero-order chi connectivity index (χ0) is 20.7. The fourth-order valence-electron chi connectivity index (χ4n) is 2.75. The summed E-state index contributed by atoms with van der Waals surface area (Å²) in [6.45, 7) is 2.51. The molecule has 27 heavy (non-hydrogen) atoms. The summed E-state index contributed by atoms with van der Waals surface area (Å²) in [6.07, 6.45) is -11.4. The van der Waals surface area contributed by atoms with Gasteiger partial charge in [0.1, 0.15) is 11.5 Å². The topological polar surface area (TPSA) is 49.7 Å². The van der Waals surface area contributed by atoms with Crippen LogP contribution < -0.4 is 4.74 Å². The molecule has 2 N–H and O–H groups in total. The van der Waals surface area contributed by atoms with Crippen LogP contribution in [0.3, 0.4) is 0 Å². The largest absolute Gasteiger partial charge is 0.508 e. The number of phenols is 1. The minimum atomic E-state index is -5.72. The number of aliphatic hydroxyl groups is 1. The van der Waals surface area contributed by atoms with Crippen LogP contribution in [0.15, 0.2) is 48.5 Å². The van der Waals surface area contributed by atoms with Crippen molar-refractivity contribution in [2.45, 2.75) is 37.4 Å². The lowest BCUT2D eigenvalue weighted by molar-refractivity contribution is -0.288. The van der Waals surface area contributed by atoms with Crippen LogP contribution in [0.5, 0.6) is 11.5 Å². The fraction of sp³-hybridized carbons (Fsp3) is 0.333. The SMILES string of the molecule is CC(C)(O)Oc1ccc(C(c2ccc(O)cc2)(C(F)(F)F)C(F)(F)F)cc1. The van der Waals surface area contributed by atoms with Crippen LogP contribution in [0.4, 0.5) is 26.3 Å². The van der Waals surface area contributed by atoms with Gasteiger partial charge in [0.2, 0.25) is 11.2 Å². The van der Waals surface area contributed by atoms with Crippen molar-refractivity contribution in [1.29, 1.82) is 0 Å². The lowest BCUT2D eigenvalue weighted by Crippen LogP contribution is -2.54. The first-order chi connectivity index (χ1) is 12.2. The van der Waals surface area contributed by atoms with Crippen molar-refractivity contribution in [3.8, 4) is 11.5 Å². The molecule has 0 aliphatic heterocycles. The maximum atomic E-state index is 13.9. The molecule has 0 saturated carbocycles. The summed E-state index contributed by atoms with van der Waals surface area (Å²) < 4.78 is 88.2. The zero-order valence-corrected chi connectivity index (χ0v) is 14.2. The Morgan fingerprint density at radius 1 is 0.704 bits per heavy atom. The normalized spacial score (nSPS) is 13.5. The Kier molecular flexibility index (Phi) is 5.13. The van der Waals surface area contributed by atoms with Crippen molar-refractivity contribution >= 4 is 0 Å². The highest BCUT2D eigenvalue weighted by Crippen LogP contribution is 2.56. The molecule has 0 saturated heterocycles. The molecule has 0 amide bonds. The van der Waals surface area contributed by atoms with E-state index < -0.39 is 40.4 Å². The average Bonchev–Trinajstić information content (AvgIpc) is 2.47. The smallest absolute Gasteiger partial charge is 0.411 e. The summed E-state index contributed by atoms with van der Waals surface area (Å²) in [5.74, 6) is -2.23. The van der Waals surface area contributed by atoms with Crippen LogP contribution in [0.1, 0.15) is 25.0 Å². The van der Waals surface area contributed by atoms with Gasteiger partial charge in [-0.1, -0.05) is 24.3 Å². The van der Waals surface area contributed by atoms with Gasteiger partial charge in [-0.3, -0.25) is 0 Å². The molecule has 2 aromatic rings. The van der Waals surface area contributed by atoms with Gasteiger partial charge in [-0.25, -0.2) is 0 Å². The molecular formula is C18H16F6O3. The Labute approximate surface area is 150 Å². The third kappa shape index (κ3) is 3.97. The lowest BCUT2D eigenvalue weighted by Gasteiger charge is -2.38. The summed E-state index contributed by atoms with van der Waals surface area (Å²) in [7, 11) is 0. The maximum Gasteiger partial charge on any atom is 0.411 e. The number of ether oxygens (including phenoxy) is 1. The number of hydrogen-bond donors (Lipinski definition) is 2. The number of aromatic hydroxyl groups is 1. The number of halogens is 6. The fourth-order valence-corrected chi connectivity index (χ4v) is 2.75. The summed E-state index contributed by atoms with van der Waals surface area (Å²) >= 11 is 0. The summed E-state index contributed by atoms with van der Waals surface area (Å²) in [6, 6.07) is 5.81. The molecule has 0 radical (unpaired) electrons. The van der Waals surface area contributed by atoms with Crippen molar-refractivity contribution in [2.75, 3.05) is 0 Å². The minimum absolute atomic E-state index is 0.102. The van der Waals surface area contributed by atoms with E-state index in [-0.39, 0.29) is 5.75 Å². The molecule has 3 nitrogen and oxygen atoms in total. The highest BCUT2D eigenvalue weighted by atomic mass is 19.4. The van der Waals surface area contributed by atoms with E-state index in [0.717, 1.165) is 24.3 Å². The lowest BCUT2D eigenvalue weighted by atomic mass is 9.73. The number of phenolic OH excluding ortho intramolecular Hbond substituents is 1. The van der Waals surface area contributed by atoms with E-state index in [1.165, 1.54) is 13.8 Å². The first kappa shape index (κ1) is 20.9. The van der Waals surface area contributed by atoms with Crippen molar-refractivity contribution in [1.82, 2.24) is 0 Å². The van der Waals surface area contributed by atoms with Gasteiger partial charge in [-0.05, 0) is 35.4 Å². The van der Waals surface area contributed by atoms with Gasteiger partial charge in [0.25, 0.3) is 0 Å². The van der Waals surface area contributed by atoms with Gasteiger partial charge < -0.3 is 14.9 Å². The van der Waals surface area contributed by atoms with E-state index >= 15 is 0 Å². The van der Waals surface area contributed by atoms with E-state index in [1.807, 2.05) is 0 Å². The highest BCUT2D eigenvalue weighted by molar-refractivity contribution is 5.46. The van der Waals surface area contributed by atoms with Gasteiger partial charge in [0.05, 0.1) is 0 Å². The van der Waals surface area contributed by atoms with E-state index in [2.05, 4.69) is 0 Å². The van der Waals surface area contributed by atoms with Crippen LogP contribution in [0.25, 0.3) is 0 Å². The van der Waals surface area contributed by atoms with Gasteiger partial charge in [-0.2, -0.15) is 26.3 Å². The number of benzene rings is 2. The molecule has 0 heterocycles. The third-order valence-electron chi connectivity index (χ3n) is 3.81. The second kappa shape index (κ2) is 6.63.